The predicted octanol–water partition coefficient (Wildman–Crippen LogP) is 7.93. The Hall–Kier alpha value is 0.720. The molecule has 0 bridgehead atoms. The van der Waals surface area contributed by atoms with E-state index in [0.29, 0.717) is 0 Å². The van der Waals surface area contributed by atoms with E-state index in [9.17, 15) is 0 Å². The minimum absolute atomic E-state index is 0. The fourth-order valence-electron chi connectivity index (χ4n) is 1.87. The van der Waals surface area contributed by atoms with Crippen LogP contribution in [0.2, 0.25) is 5.02 Å². The molecule has 1 heterocycles. The number of hydrogen-bond donors (Lipinski definition) is 0. The van der Waals surface area contributed by atoms with Crippen LogP contribution < -0.4 is 0 Å². The zero-order valence-corrected chi connectivity index (χ0v) is 22.2. The first-order valence-corrected chi connectivity index (χ1v) is 11.9. The van der Waals surface area contributed by atoms with Crippen molar-refractivity contribution in [1.29, 1.82) is 0 Å². The summed E-state index contributed by atoms with van der Waals surface area (Å²) in [5, 5.41) is 3.37. The maximum absolute atomic E-state index is 6.94. The molecule has 1 N–H and O–H groups in total. The Morgan fingerprint density at radius 3 is 2.08 bits per heavy atom. The second kappa shape index (κ2) is 14.7. The third kappa shape index (κ3) is 10.6. The van der Waals surface area contributed by atoms with Gasteiger partial charge in [0, 0.05) is 5.02 Å². The fourth-order valence-corrected chi connectivity index (χ4v) is 3.43. The van der Waals surface area contributed by atoms with E-state index >= 15 is 0 Å². The SMILES string of the molecule is CC(C)(C)[NH-].Cc1cc2sc3cccc(Cl)c3c2[cH-]1.Cl.Cl.[CH3-].[CH3-].[Si]=[Zr]. The quantitative estimate of drug-likeness (QED) is 0.215. The maximum atomic E-state index is 6.94. The van der Waals surface area contributed by atoms with Gasteiger partial charge >= 0.3 is 30.2 Å². The summed E-state index contributed by atoms with van der Waals surface area (Å²) in [7, 11) is 0. The van der Waals surface area contributed by atoms with Crippen molar-refractivity contribution in [2.45, 2.75) is 33.2 Å². The number of aryl methyl sites for hydroxylation is 1. The summed E-state index contributed by atoms with van der Waals surface area (Å²) in [4.78, 5) is 0. The van der Waals surface area contributed by atoms with Crippen molar-refractivity contribution in [1.82, 2.24) is 0 Å². The van der Waals surface area contributed by atoms with E-state index in [1.54, 1.807) is 0 Å². The second-order valence-electron chi connectivity index (χ2n) is 5.78. The molecule has 7 heteroatoms. The normalized spacial score (nSPS) is 9.00. The van der Waals surface area contributed by atoms with Gasteiger partial charge in [0.15, 0.2) is 0 Å². The Morgan fingerprint density at radius 1 is 1.12 bits per heavy atom. The van der Waals surface area contributed by atoms with Crippen LogP contribution in [0.25, 0.3) is 25.9 Å². The van der Waals surface area contributed by atoms with Crippen molar-refractivity contribution in [3.8, 4) is 0 Å². The van der Waals surface area contributed by atoms with Crippen LogP contribution in [0.1, 0.15) is 26.3 Å². The first-order valence-electron chi connectivity index (χ1n) is 6.50. The van der Waals surface area contributed by atoms with Gasteiger partial charge in [-0.05, 0) is 4.70 Å². The van der Waals surface area contributed by atoms with E-state index in [0.717, 1.165) is 5.02 Å². The molecule has 0 aliphatic heterocycles. The molecule has 142 valence electrons. The van der Waals surface area contributed by atoms with E-state index in [-0.39, 0.29) is 45.2 Å². The van der Waals surface area contributed by atoms with E-state index in [2.05, 4.69) is 32.0 Å². The summed E-state index contributed by atoms with van der Waals surface area (Å²) in [6.07, 6.45) is 0. The van der Waals surface area contributed by atoms with Gasteiger partial charge in [-0.15, -0.1) is 47.4 Å². The molecule has 0 aliphatic carbocycles. The molecule has 25 heavy (non-hydrogen) atoms. The van der Waals surface area contributed by atoms with Crippen molar-refractivity contribution < 1.29 is 23.3 Å². The molecule has 1 nitrogen and oxygen atoms in total. The topological polar surface area (TPSA) is 23.8 Å². The van der Waals surface area contributed by atoms with E-state index in [1.165, 1.54) is 49.1 Å². The molecule has 0 fully saturated rings. The van der Waals surface area contributed by atoms with Crippen molar-refractivity contribution >= 4 is 74.8 Å². The van der Waals surface area contributed by atoms with Gasteiger partial charge in [0.1, 0.15) is 0 Å². The van der Waals surface area contributed by atoms with Gasteiger partial charge in [-0.3, -0.25) is 0 Å². The predicted molar refractivity (Wildman–Crippen MR) is 122 cm³/mol. The van der Waals surface area contributed by atoms with Crippen LogP contribution in [0, 0.1) is 21.8 Å². The molecule has 2 aromatic carbocycles. The number of halogens is 3. The molecule has 0 saturated carbocycles. The molecule has 2 radical (unpaired) electrons. The van der Waals surface area contributed by atoms with Crippen LogP contribution in [0.3, 0.4) is 0 Å². The molecule has 0 saturated heterocycles. The second-order valence-corrected chi connectivity index (χ2v) is 7.27. The molecular formula is C18H26Cl3NSSiZr-4. The molecule has 0 amide bonds. The van der Waals surface area contributed by atoms with Gasteiger partial charge in [0.05, 0.1) is 0 Å². The summed E-state index contributed by atoms with van der Waals surface area (Å²) in [6, 6.07) is 10.5. The van der Waals surface area contributed by atoms with E-state index < -0.39 is 0 Å². The molecule has 0 spiro atoms. The van der Waals surface area contributed by atoms with Crippen LogP contribution in [-0.2, 0) is 23.3 Å². The average Bonchev–Trinajstić information content (AvgIpc) is 2.85. The van der Waals surface area contributed by atoms with Crippen molar-refractivity contribution in [3.63, 3.8) is 0 Å². The zero-order chi connectivity index (χ0) is 16.2. The number of thiophene rings is 1. The van der Waals surface area contributed by atoms with Crippen LogP contribution in [0.5, 0.6) is 0 Å². The monoisotopic (exact) mass is 511 g/mol. The standard InChI is InChI=1S/C12H8ClS.C4H10N.2CH3.2ClH.Si.Zr/c1-7-5-8-11(6-7)14-10-4-2-3-9(13)12(8)10;1-4(2,3)5;;;;;;/h2-6H,1H3;5H,1-3H3;2*1H3;2*1H;;/q4*-1;;;;. The van der Waals surface area contributed by atoms with Crippen LogP contribution in [0.15, 0.2) is 30.3 Å². The van der Waals surface area contributed by atoms with E-state index in [4.69, 9.17) is 17.3 Å². The summed E-state index contributed by atoms with van der Waals surface area (Å²) >= 11 is 9.36. The van der Waals surface area contributed by atoms with Crippen LogP contribution >= 0.6 is 47.8 Å². The number of benzene rings is 1. The van der Waals surface area contributed by atoms with Crippen LogP contribution in [-0.4, -0.2) is 12.4 Å². The van der Waals surface area contributed by atoms with Gasteiger partial charge in [-0.25, -0.2) is 11.3 Å². The Balaban J connectivity index is -0.000000178. The van der Waals surface area contributed by atoms with Crippen LogP contribution in [0.4, 0.5) is 0 Å². The zero-order valence-electron chi connectivity index (χ0n) is 15.5. The van der Waals surface area contributed by atoms with E-state index in [1.807, 2.05) is 44.2 Å². The molecular weight excluding hydrogens is 488 g/mol. The van der Waals surface area contributed by atoms with Gasteiger partial charge in [-0.2, -0.15) is 6.07 Å². The molecule has 0 aliphatic rings. The number of hydrogen-bond acceptors (Lipinski definition) is 1. The summed E-state index contributed by atoms with van der Waals surface area (Å²) in [5.41, 5.74) is 8.00. The van der Waals surface area contributed by atoms with Gasteiger partial charge in [-0.1, -0.05) is 67.6 Å². The Bertz CT molecular complexity index is 729. The summed E-state index contributed by atoms with van der Waals surface area (Å²) in [5.74, 6) is 0. The Morgan fingerprint density at radius 2 is 1.60 bits per heavy atom. The third-order valence-electron chi connectivity index (χ3n) is 2.46. The molecule has 1 aromatic heterocycles. The minimum atomic E-state index is -0.250. The number of fused-ring (bicyclic) bond motifs is 3. The van der Waals surface area contributed by atoms with Gasteiger partial charge in [0.25, 0.3) is 0 Å². The third-order valence-corrected chi connectivity index (χ3v) is 3.89. The average molecular weight is 514 g/mol. The van der Waals surface area contributed by atoms with Crippen molar-refractivity contribution in [2.24, 2.45) is 0 Å². The molecule has 0 unspecified atom stereocenters. The summed E-state index contributed by atoms with van der Waals surface area (Å²) < 4.78 is 2.62. The number of rotatable bonds is 0. The number of nitrogens with one attached hydrogen (secondary N) is 1. The van der Waals surface area contributed by atoms with Gasteiger partial charge < -0.3 is 20.6 Å². The molecule has 0 atom stereocenters. The summed E-state index contributed by atoms with van der Waals surface area (Å²) in [6.45, 7) is 10.7. The molecule has 3 rings (SSSR count). The molecule has 3 aromatic rings. The fraction of sp³-hybridized carbons (Fsp3) is 0.278. The van der Waals surface area contributed by atoms with Gasteiger partial charge in [0.2, 0.25) is 0 Å². The van der Waals surface area contributed by atoms with Crippen molar-refractivity contribution in [3.05, 3.63) is 61.5 Å². The Labute approximate surface area is 191 Å². The van der Waals surface area contributed by atoms with Crippen molar-refractivity contribution in [2.75, 3.05) is 0 Å². The Kier molecular flexibility index (Phi) is 19.6. The first kappa shape index (κ1) is 33.3. The first-order chi connectivity index (χ1) is 9.75.